The van der Waals surface area contributed by atoms with Gasteiger partial charge in [0.1, 0.15) is 23.8 Å². The predicted octanol–water partition coefficient (Wildman–Crippen LogP) is 5.79. The maximum absolute atomic E-state index is 14.5. The molecule has 0 radical (unpaired) electrons. The van der Waals surface area contributed by atoms with E-state index in [1.54, 1.807) is 32.0 Å². The van der Waals surface area contributed by atoms with Crippen LogP contribution in [0.15, 0.2) is 61.6 Å². The topological polar surface area (TPSA) is 169 Å². The van der Waals surface area contributed by atoms with E-state index >= 15 is 0 Å². The maximum atomic E-state index is 14.5. The molecule has 2 aromatic carbocycles. The zero-order valence-electron chi connectivity index (χ0n) is 27.0. The van der Waals surface area contributed by atoms with Gasteiger partial charge in [0.15, 0.2) is 0 Å². The van der Waals surface area contributed by atoms with Crippen molar-refractivity contribution < 1.29 is 47.8 Å². The Balaban J connectivity index is 1.88. The molecule has 0 aliphatic carbocycles. The largest absolute Gasteiger partial charge is 0.466 e. The summed E-state index contributed by atoms with van der Waals surface area (Å²) in [4.78, 5) is 80.5. The van der Waals surface area contributed by atoms with Crippen LogP contribution in [0, 0.1) is 17.0 Å². The van der Waals surface area contributed by atoms with Crippen LogP contribution in [0.25, 0.3) is 5.57 Å². The van der Waals surface area contributed by atoms with Gasteiger partial charge < -0.3 is 18.9 Å². The number of thioether (sulfide) groups is 3. The minimum Gasteiger partial charge on any atom is -0.466 e. The third-order valence-corrected chi connectivity index (χ3v) is 12.9. The predicted molar refractivity (Wildman–Crippen MR) is 185 cm³/mol. The summed E-state index contributed by atoms with van der Waals surface area (Å²) < 4.78 is 18.6. The van der Waals surface area contributed by atoms with E-state index in [4.69, 9.17) is 30.5 Å². The number of rotatable bonds is 6. The molecule has 0 saturated carbocycles. The molecular weight excluding hydrogens is 720 g/mol. The van der Waals surface area contributed by atoms with E-state index < -0.39 is 50.0 Å². The second-order valence-electron chi connectivity index (χ2n) is 11.1. The Labute approximate surface area is 297 Å². The lowest BCUT2D eigenvalue weighted by molar-refractivity contribution is -0.384. The summed E-state index contributed by atoms with van der Waals surface area (Å²) >= 11 is 8.55. The van der Waals surface area contributed by atoms with Crippen LogP contribution in [0.5, 0.6) is 0 Å². The van der Waals surface area contributed by atoms with E-state index in [2.05, 4.69) is 0 Å². The van der Waals surface area contributed by atoms with Crippen LogP contribution < -0.4 is 4.90 Å². The number of esters is 4. The lowest BCUT2D eigenvalue weighted by Crippen LogP contribution is -2.53. The van der Waals surface area contributed by atoms with Crippen molar-refractivity contribution in [3.8, 4) is 0 Å². The molecule has 0 bridgehead atoms. The number of halogens is 1. The number of benzene rings is 2. The summed E-state index contributed by atoms with van der Waals surface area (Å²) in [6.45, 7) is 5.21. The zero-order valence-corrected chi connectivity index (χ0v) is 30.2. The van der Waals surface area contributed by atoms with Crippen molar-refractivity contribution in [2.24, 2.45) is 0 Å². The van der Waals surface area contributed by atoms with E-state index in [1.807, 2.05) is 6.92 Å². The van der Waals surface area contributed by atoms with Crippen molar-refractivity contribution >= 4 is 93.6 Å². The standard InChI is InChI=1S/C32H27ClN2O11S3/c1-14-8-11-18-16(12-14)20-25(31(2,3)34(18)26(36)15-9-10-17(33)19(13-15)35(41)42)47-22(28(38)44-5)21(27(37)43-4)32(20)48-23(29(39)45-6)24(49-32)30(40)46-7/h8-13H,1-7H3. The Kier molecular flexibility index (Phi) is 9.73. The van der Waals surface area contributed by atoms with Crippen LogP contribution >= 0.6 is 46.9 Å². The Bertz CT molecular complexity index is 1960. The average Bonchev–Trinajstić information content (AvgIpc) is 3.46. The van der Waals surface area contributed by atoms with Crippen LogP contribution in [-0.2, 0) is 38.1 Å². The Morgan fingerprint density at radius 2 is 1.37 bits per heavy atom. The molecule has 13 nitrogen and oxygen atoms in total. The van der Waals surface area contributed by atoms with Gasteiger partial charge in [-0.2, -0.15) is 0 Å². The number of nitro groups is 1. The van der Waals surface area contributed by atoms with Crippen LogP contribution in [-0.4, -0.2) is 72.8 Å². The number of aryl methyl sites for hydroxylation is 1. The summed E-state index contributed by atoms with van der Waals surface area (Å²) in [6, 6.07) is 8.93. The summed E-state index contributed by atoms with van der Waals surface area (Å²) in [7, 11) is 4.51. The Hall–Kier alpha value is -4.25. The highest BCUT2D eigenvalue weighted by Gasteiger charge is 2.62. The molecule has 0 unspecified atom stereocenters. The quantitative estimate of drug-likeness (QED) is 0.151. The van der Waals surface area contributed by atoms with E-state index in [9.17, 15) is 34.1 Å². The van der Waals surface area contributed by atoms with Crippen LogP contribution in [0.1, 0.15) is 35.3 Å². The van der Waals surface area contributed by atoms with Gasteiger partial charge in [-0.3, -0.25) is 19.8 Å². The fourth-order valence-electron chi connectivity index (χ4n) is 5.71. The molecule has 0 fully saturated rings. The highest BCUT2D eigenvalue weighted by Crippen LogP contribution is 2.71. The normalized spacial score (nSPS) is 17.3. The lowest BCUT2D eigenvalue weighted by Gasteiger charge is -2.50. The lowest BCUT2D eigenvalue weighted by atomic mass is 9.82. The second-order valence-corrected chi connectivity index (χ2v) is 15.2. The SMILES string of the molecule is COC(=O)C1=C(C(=O)OC)SC2(S1)C(C(=O)OC)=C(C(=O)OC)SC1=C2c2cc(C)ccc2N(C(=O)c2ccc(Cl)c([N+](=O)[O-])c2)C1(C)C. The van der Waals surface area contributed by atoms with Crippen molar-refractivity contribution in [1.29, 1.82) is 0 Å². The van der Waals surface area contributed by atoms with E-state index in [-0.39, 0.29) is 30.9 Å². The summed E-state index contributed by atoms with van der Waals surface area (Å²) in [5, 5.41) is 11.6. The molecule has 3 aliphatic heterocycles. The number of hydrogen-bond acceptors (Lipinski definition) is 14. The fourth-order valence-corrected chi connectivity index (χ4v) is 10.9. The van der Waals surface area contributed by atoms with Gasteiger partial charge in [-0.15, -0.1) is 0 Å². The Morgan fingerprint density at radius 1 is 0.816 bits per heavy atom. The molecule has 0 N–H and O–H groups in total. The smallest absolute Gasteiger partial charge is 0.345 e. The van der Waals surface area contributed by atoms with Gasteiger partial charge in [-0.1, -0.05) is 58.5 Å². The minimum atomic E-state index is -1.75. The second kappa shape index (κ2) is 13.2. The number of ether oxygens (including phenoxy) is 4. The number of methoxy groups -OCH3 is 4. The number of carbonyl (C=O) groups excluding carboxylic acids is 5. The van der Waals surface area contributed by atoms with Crippen molar-refractivity contribution in [2.45, 2.75) is 30.4 Å². The average molecular weight is 747 g/mol. The minimum absolute atomic E-state index is 0.0403. The summed E-state index contributed by atoms with van der Waals surface area (Å²) in [5.74, 6) is -4.26. The number of fused-ring (bicyclic) bond motifs is 3. The number of amides is 1. The molecule has 0 aromatic heterocycles. The maximum Gasteiger partial charge on any atom is 0.345 e. The number of hydrogen-bond donors (Lipinski definition) is 0. The molecule has 0 saturated heterocycles. The van der Waals surface area contributed by atoms with Gasteiger partial charge in [0.05, 0.1) is 50.2 Å². The number of anilines is 1. The van der Waals surface area contributed by atoms with Crippen LogP contribution in [0.2, 0.25) is 5.02 Å². The zero-order chi connectivity index (χ0) is 36.2. The number of carbonyl (C=O) groups is 5. The first-order chi connectivity index (χ1) is 23.1. The van der Waals surface area contributed by atoms with Crippen molar-refractivity contribution in [1.82, 2.24) is 0 Å². The molecular formula is C32H27ClN2O11S3. The third-order valence-electron chi connectivity index (χ3n) is 7.89. The van der Waals surface area contributed by atoms with Crippen LogP contribution in [0.3, 0.4) is 0 Å². The van der Waals surface area contributed by atoms with Gasteiger partial charge in [0.25, 0.3) is 11.6 Å². The summed E-state index contributed by atoms with van der Waals surface area (Å²) in [5.41, 5.74) is -0.165. The molecule has 3 aliphatic rings. The molecule has 256 valence electrons. The number of nitrogens with zero attached hydrogens (tertiary/aromatic N) is 2. The fraction of sp³-hybridized carbons (Fsp3) is 0.281. The highest BCUT2D eigenvalue weighted by molar-refractivity contribution is 8.26. The Morgan fingerprint density at radius 3 is 1.90 bits per heavy atom. The first kappa shape index (κ1) is 36.0. The van der Waals surface area contributed by atoms with E-state index in [0.29, 0.717) is 21.7 Å². The van der Waals surface area contributed by atoms with E-state index in [0.717, 1.165) is 75.4 Å². The molecule has 49 heavy (non-hydrogen) atoms. The molecule has 3 heterocycles. The van der Waals surface area contributed by atoms with Gasteiger partial charge in [0, 0.05) is 27.7 Å². The first-order valence-electron chi connectivity index (χ1n) is 14.1. The molecule has 1 spiro atoms. The molecule has 17 heteroatoms. The van der Waals surface area contributed by atoms with Gasteiger partial charge in [0.2, 0.25) is 0 Å². The van der Waals surface area contributed by atoms with Crippen molar-refractivity contribution in [3.63, 3.8) is 0 Å². The van der Waals surface area contributed by atoms with Gasteiger partial charge in [-0.25, -0.2) is 19.2 Å². The van der Waals surface area contributed by atoms with Crippen molar-refractivity contribution in [2.75, 3.05) is 33.3 Å². The van der Waals surface area contributed by atoms with Gasteiger partial charge >= 0.3 is 23.9 Å². The summed E-state index contributed by atoms with van der Waals surface area (Å²) in [6.07, 6.45) is 0. The van der Waals surface area contributed by atoms with E-state index in [1.165, 1.54) is 17.0 Å². The molecule has 5 rings (SSSR count). The highest BCUT2D eigenvalue weighted by atomic mass is 35.5. The van der Waals surface area contributed by atoms with Crippen molar-refractivity contribution in [3.05, 3.63) is 93.4 Å². The van der Waals surface area contributed by atoms with Crippen LogP contribution in [0.4, 0.5) is 11.4 Å². The molecule has 1 amide bonds. The number of nitro benzene ring substituents is 1. The van der Waals surface area contributed by atoms with Gasteiger partial charge in [-0.05, 0) is 45.0 Å². The molecule has 0 atom stereocenters. The molecule has 2 aromatic rings. The third kappa shape index (κ3) is 5.69. The monoisotopic (exact) mass is 746 g/mol. The first-order valence-corrected chi connectivity index (χ1v) is 16.9.